The first-order valence-corrected chi connectivity index (χ1v) is 4.87. The Morgan fingerprint density at radius 1 is 1.38 bits per heavy atom. The van der Waals surface area contributed by atoms with Gasteiger partial charge in [-0.25, -0.2) is 0 Å². The number of nitrogens with one attached hydrogen (secondary N) is 1. The summed E-state index contributed by atoms with van der Waals surface area (Å²) < 4.78 is 0. The number of carbonyl (C=O) groups is 1. The van der Waals surface area contributed by atoms with Gasteiger partial charge in [-0.1, -0.05) is 6.92 Å². The second-order valence-electron chi connectivity index (χ2n) is 4.23. The van der Waals surface area contributed by atoms with Gasteiger partial charge in [-0.05, 0) is 27.3 Å². The van der Waals surface area contributed by atoms with Crippen LogP contribution < -0.4 is 5.32 Å². The molecule has 0 radical (unpaired) electrons. The van der Waals surface area contributed by atoms with Crippen molar-refractivity contribution in [2.45, 2.75) is 40.2 Å². The molecule has 0 spiro atoms. The summed E-state index contributed by atoms with van der Waals surface area (Å²) in [4.78, 5) is 13.0. The van der Waals surface area contributed by atoms with Gasteiger partial charge in [0.05, 0.1) is 0 Å². The van der Waals surface area contributed by atoms with Crippen LogP contribution in [0.4, 0.5) is 0 Å². The summed E-state index contributed by atoms with van der Waals surface area (Å²) in [5.41, 5.74) is 0.188. The van der Waals surface area contributed by atoms with Crippen molar-refractivity contribution in [3.8, 4) is 0 Å². The summed E-state index contributed by atoms with van der Waals surface area (Å²) >= 11 is 0. The number of nitrogens with zero attached hydrogens (tertiary/aromatic N) is 1. The summed E-state index contributed by atoms with van der Waals surface area (Å²) in [6, 6.07) is 0. The molecule has 0 bridgehead atoms. The molecule has 0 heterocycles. The Labute approximate surface area is 81.5 Å². The maximum atomic E-state index is 10.6. The standard InChI is InChI=1S/C10H22N2O/c1-6-12(10(3,4)5)8-7-11-9(2)13/h6-8H2,1-5H3,(H,11,13). The molecule has 0 aromatic carbocycles. The van der Waals surface area contributed by atoms with Gasteiger partial charge in [-0.3, -0.25) is 9.69 Å². The van der Waals surface area contributed by atoms with Crippen LogP contribution in [0.2, 0.25) is 0 Å². The summed E-state index contributed by atoms with van der Waals surface area (Å²) in [5, 5.41) is 2.80. The number of likely N-dealkylation sites (N-methyl/N-ethyl adjacent to an activating group) is 1. The molecule has 0 aromatic rings. The molecule has 0 saturated heterocycles. The molecule has 3 heteroatoms. The largest absolute Gasteiger partial charge is 0.355 e. The second-order valence-corrected chi connectivity index (χ2v) is 4.23. The van der Waals surface area contributed by atoms with E-state index < -0.39 is 0 Å². The molecule has 1 amide bonds. The van der Waals surface area contributed by atoms with E-state index in [4.69, 9.17) is 0 Å². The van der Waals surface area contributed by atoms with E-state index in [1.165, 1.54) is 0 Å². The van der Waals surface area contributed by atoms with E-state index in [1.807, 2.05) is 0 Å². The molecule has 0 atom stereocenters. The summed E-state index contributed by atoms with van der Waals surface area (Å²) in [5.74, 6) is 0.0463. The highest BCUT2D eigenvalue weighted by atomic mass is 16.1. The van der Waals surface area contributed by atoms with Gasteiger partial charge in [0.1, 0.15) is 0 Å². The zero-order valence-electron chi connectivity index (χ0n) is 9.48. The highest BCUT2D eigenvalue weighted by molar-refractivity contribution is 5.72. The van der Waals surface area contributed by atoms with Crippen molar-refractivity contribution in [1.29, 1.82) is 0 Å². The lowest BCUT2D eigenvalue weighted by atomic mass is 10.1. The fraction of sp³-hybridized carbons (Fsp3) is 0.900. The molecule has 0 aliphatic heterocycles. The Bertz CT molecular complexity index is 161. The third kappa shape index (κ3) is 5.64. The van der Waals surface area contributed by atoms with Crippen molar-refractivity contribution in [3.63, 3.8) is 0 Å². The molecule has 0 aromatic heterocycles. The first-order valence-electron chi connectivity index (χ1n) is 4.87. The number of rotatable bonds is 4. The van der Waals surface area contributed by atoms with Crippen molar-refractivity contribution in [2.75, 3.05) is 19.6 Å². The van der Waals surface area contributed by atoms with Gasteiger partial charge in [-0.15, -0.1) is 0 Å². The van der Waals surface area contributed by atoms with Crippen molar-refractivity contribution < 1.29 is 4.79 Å². The Morgan fingerprint density at radius 2 is 1.92 bits per heavy atom. The maximum Gasteiger partial charge on any atom is 0.216 e. The highest BCUT2D eigenvalue weighted by Crippen LogP contribution is 2.11. The van der Waals surface area contributed by atoms with Crippen molar-refractivity contribution >= 4 is 5.91 Å². The third-order valence-electron chi connectivity index (χ3n) is 2.09. The van der Waals surface area contributed by atoms with Gasteiger partial charge >= 0.3 is 0 Å². The Hall–Kier alpha value is -0.570. The third-order valence-corrected chi connectivity index (χ3v) is 2.09. The molecule has 0 aliphatic carbocycles. The van der Waals surface area contributed by atoms with E-state index in [-0.39, 0.29) is 11.4 Å². The van der Waals surface area contributed by atoms with E-state index in [0.29, 0.717) is 0 Å². The summed E-state index contributed by atoms with van der Waals surface area (Å²) in [6.45, 7) is 12.9. The molecule has 0 aliphatic rings. The summed E-state index contributed by atoms with van der Waals surface area (Å²) in [7, 11) is 0. The Kier molecular flexibility index (Phi) is 4.99. The topological polar surface area (TPSA) is 32.3 Å². The van der Waals surface area contributed by atoms with Crippen LogP contribution in [0.3, 0.4) is 0 Å². The molecule has 3 nitrogen and oxygen atoms in total. The highest BCUT2D eigenvalue weighted by Gasteiger charge is 2.18. The molecule has 0 unspecified atom stereocenters. The van der Waals surface area contributed by atoms with E-state index in [1.54, 1.807) is 6.92 Å². The van der Waals surface area contributed by atoms with Gasteiger partial charge in [0.15, 0.2) is 0 Å². The summed E-state index contributed by atoms with van der Waals surface area (Å²) in [6.07, 6.45) is 0. The van der Waals surface area contributed by atoms with E-state index >= 15 is 0 Å². The fourth-order valence-electron chi connectivity index (χ4n) is 1.33. The van der Waals surface area contributed by atoms with Crippen LogP contribution >= 0.6 is 0 Å². The van der Waals surface area contributed by atoms with Crippen molar-refractivity contribution in [2.24, 2.45) is 0 Å². The predicted molar refractivity (Wildman–Crippen MR) is 55.7 cm³/mol. The van der Waals surface area contributed by atoms with E-state index in [2.05, 4.69) is 37.9 Å². The first kappa shape index (κ1) is 12.4. The van der Waals surface area contributed by atoms with E-state index in [9.17, 15) is 4.79 Å². The SMILES string of the molecule is CCN(CCNC(C)=O)C(C)(C)C. The molecule has 0 rings (SSSR count). The number of hydrogen-bond acceptors (Lipinski definition) is 2. The van der Waals surface area contributed by atoms with Crippen LogP contribution in [-0.2, 0) is 4.79 Å². The lowest BCUT2D eigenvalue weighted by molar-refractivity contribution is -0.119. The molecule has 0 saturated carbocycles. The minimum absolute atomic E-state index is 0.0463. The average Bonchev–Trinajstić information content (AvgIpc) is 1.95. The monoisotopic (exact) mass is 186 g/mol. The Morgan fingerprint density at radius 3 is 2.23 bits per heavy atom. The number of amides is 1. The zero-order valence-corrected chi connectivity index (χ0v) is 9.48. The van der Waals surface area contributed by atoms with Crippen LogP contribution in [0.25, 0.3) is 0 Å². The lowest BCUT2D eigenvalue weighted by Gasteiger charge is -2.34. The molecule has 0 fully saturated rings. The number of carbonyl (C=O) groups excluding carboxylic acids is 1. The van der Waals surface area contributed by atoms with Crippen molar-refractivity contribution in [3.05, 3.63) is 0 Å². The lowest BCUT2D eigenvalue weighted by Crippen LogP contribution is -2.45. The van der Waals surface area contributed by atoms with Gasteiger partial charge in [0, 0.05) is 25.6 Å². The number of hydrogen-bond donors (Lipinski definition) is 1. The maximum absolute atomic E-state index is 10.6. The predicted octanol–water partition coefficient (Wildman–Crippen LogP) is 1.24. The minimum atomic E-state index is 0.0463. The van der Waals surface area contributed by atoms with Gasteiger partial charge < -0.3 is 5.32 Å². The average molecular weight is 186 g/mol. The molecule has 78 valence electrons. The van der Waals surface area contributed by atoms with Crippen LogP contribution in [0.5, 0.6) is 0 Å². The first-order chi connectivity index (χ1) is 5.88. The molecular formula is C10H22N2O. The molecular weight excluding hydrogens is 164 g/mol. The van der Waals surface area contributed by atoms with Gasteiger partial charge in [0.2, 0.25) is 5.91 Å². The second kappa shape index (κ2) is 5.22. The van der Waals surface area contributed by atoms with Crippen LogP contribution in [-0.4, -0.2) is 36.0 Å². The van der Waals surface area contributed by atoms with Crippen LogP contribution in [0, 0.1) is 0 Å². The minimum Gasteiger partial charge on any atom is -0.355 e. The fourth-order valence-corrected chi connectivity index (χ4v) is 1.33. The smallest absolute Gasteiger partial charge is 0.216 e. The van der Waals surface area contributed by atoms with Crippen LogP contribution in [0.15, 0.2) is 0 Å². The molecule has 1 N–H and O–H groups in total. The van der Waals surface area contributed by atoms with Crippen molar-refractivity contribution in [1.82, 2.24) is 10.2 Å². The van der Waals surface area contributed by atoms with E-state index in [0.717, 1.165) is 19.6 Å². The Balaban J connectivity index is 3.80. The zero-order chi connectivity index (χ0) is 10.5. The van der Waals surface area contributed by atoms with Gasteiger partial charge in [0.25, 0.3) is 0 Å². The quantitative estimate of drug-likeness (QED) is 0.716. The van der Waals surface area contributed by atoms with Gasteiger partial charge in [-0.2, -0.15) is 0 Å². The molecule has 13 heavy (non-hydrogen) atoms. The normalized spacial score (nSPS) is 11.8. The van der Waals surface area contributed by atoms with Crippen LogP contribution in [0.1, 0.15) is 34.6 Å².